The van der Waals surface area contributed by atoms with Gasteiger partial charge in [-0.25, -0.2) is 13.1 Å². The zero-order valence-corrected chi connectivity index (χ0v) is 18.6. The lowest BCUT2D eigenvalue weighted by Gasteiger charge is -2.16. The maximum Gasteiger partial charge on any atom is 0.291 e. The summed E-state index contributed by atoms with van der Waals surface area (Å²) in [5.41, 5.74) is 0.628. The van der Waals surface area contributed by atoms with Crippen LogP contribution in [0.2, 0.25) is 10.0 Å². The third-order valence-corrected chi connectivity index (χ3v) is 7.18. The molecule has 0 aliphatic carbocycles. The Bertz CT molecular complexity index is 1430. The second-order valence-corrected chi connectivity index (χ2v) is 9.47. The van der Waals surface area contributed by atoms with Crippen LogP contribution in [0.1, 0.15) is 18.5 Å². The maximum atomic E-state index is 12.9. The number of benzene rings is 3. The fourth-order valence-electron chi connectivity index (χ4n) is 3.21. The molecule has 4 rings (SSSR count). The summed E-state index contributed by atoms with van der Waals surface area (Å²) in [5, 5.41) is 5.96. The molecule has 0 unspecified atom stereocenters. The smallest absolute Gasteiger partial charge is 0.266 e. The van der Waals surface area contributed by atoms with Gasteiger partial charge in [-0.1, -0.05) is 59.6 Å². The first-order valence-corrected chi connectivity index (χ1v) is 11.5. The van der Waals surface area contributed by atoms with Crippen LogP contribution in [-0.4, -0.2) is 18.2 Å². The van der Waals surface area contributed by atoms with Gasteiger partial charge in [-0.15, -0.1) is 0 Å². The molecule has 1 atom stereocenters. The standard InChI is InChI=1S/C22H17Cl2N3O3S/c1-14(16-7-6-15-4-2-3-5-17(15)12-16)26-31(29,30)19-10-8-18(9-11-19)27-22(28)21(24)20(23)13-25-27/h2-14,26H,1H3/t14-/m0/s1. The number of nitrogens with zero attached hydrogens (tertiary/aromatic N) is 2. The summed E-state index contributed by atoms with van der Waals surface area (Å²) in [6, 6.07) is 19.1. The third-order valence-electron chi connectivity index (χ3n) is 4.87. The van der Waals surface area contributed by atoms with Crippen LogP contribution in [0.3, 0.4) is 0 Å². The number of halogens is 2. The Labute approximate surface area is 189 Å². The molecular weight excluding hydrogens is 457 g/mol. The summed E-state index contributed by atoms with van der Waals surface area (Å²) in [4.78, 5) is 12.3. The summed E-state index contributed by atoms with van der Waals surface area (Å²) < 4.78 is 29.5. The van der Waals surface area contributed by atoms with E-state index < -0.39 is 21.6 Å². The van der Waals surface area contributed by atoms with Crippen molar-refractivity contribution in [3.63, 3.8) is 0 Å². The molecule has 3 aromatic carbocycles. The molecule has 4 aromatic rings. The van der Waals surface area contributed by atoms with Gasteiger partial charge in [0.25, 0.3) is 5.56 Å². The van der Waals surface area contributed by atoms with Gasteiger partial charge in [-0.2, -0.15) is 9.78 Å². The van der Waals surface area contributed by atoms with Crippen molar-refractivity contribution in [2.24, 2.45) is 0 Å². The molecule has 9 heteroatoms. The Morgan fingerprint density at radius 3 is 2.35 bits per heavy atom. The molecule has 0 saturated heterocycles. The Kier molecular flexibility index (Phi) is 5.85. The molecule has 158 valence electrons. The van der Waals surface area contributed by atoms with E-state index in [0.29, 0.717) is 5.69 Å². The fourth-order valence-corrected chi connectivity index (χ4v) is 4.69. The van der Waals surface area contributed by atoms with Gasteiger partial charge in [0.1, 0.15) is 5.02 Å². The molecule has 0 aliphatic rings. The topological polar surface area (TPSA) is 81.1 Å². The normalized spacial score (nSPS) is 12.7. The van der Waals surface area contributed by atoms with Crippen molar-refractivity contribution in [1.82, 2.24) is 14.5 Å². The van der Waals surface area contributed by atoms with Crippen molar-refractivity contribution in [3.8, 4) is 5.69 Å². The van der Waals surface area contributed by atoms with Gasteiger partial charge in [0.2, 0.25) is 10.0 Å². The van der Waals surface area contributed by atoms with Crippen molar-refractivity contribution >= 4 is 44.0 Å². The first kappa shape index (κ1) is 21.5. The van der Waals surface area contributed by atoms with Gasteiger partial charge in [-0.3, -0.25) is 4.79 Å². The van der Waals surface area contributed by atoms with E-state index in [2.05, 4.69) is 9.82 Å². The van der Waals surface area contributed by atoms with E-state index in [4.69, 9.17) is 23.2 Å². The minimum absolute atomic E-state index is 0.0500. The third kappa shape index (κ3) is 4.36. The van der Waals surface area contributed by atoms with E-state index in [-0.39, 0.29) is 14.9 Å². The minimum Gasteiger partial charge on any atom is -0.266 e. The van der Waals surface area contributed by atoms with E-state index >= 15 is 0 Å². The lowest BCUT2D eigenvalue weighted by Crippen LogP contribution is -2.27. The second-order valence-electron chi connectivity index (χ2n) is 6.97. The lowest BCUT2D eigenvalue weighted by atomic mass is 10.0. The van der Waals surface area contributed by atoms with Crippen molar-refractivity contribution in [2.45, 2.75) is 17.9 Å². The first-order valence-electron chi connectivity index (χ1n) is 9.31. The minimum atomic E-state index is -3.79. The molecular formula is C22H17Cl2N3O3S. The number of fused-ring (bicyclic) bond motifs is 1. The molecule has 1 aromatic heterocycles. The van der Waals surface area contributed by atoms with E-state index in [9.17, 15) is 13.2 Å². The molecule has 0 saturated carbocycles. The number of rotatable bonds is 5. The van der Waals surface area contributed by atoms with Gasteiger partial charge in [-0.05, 0) is 53.6 Å². The van der Waals surface area contributed by atoms with E-state index in [1.165, 1.54) is 30.5 Å². The second kappa shape index (κ2) is 8.43. The highest BCUT2D eigenvalue weighted by atomic mass is 35.5. The van der Waals surface area contributed by atoms with Crippen LogP contribution < -0.4 is 10.3 Å². The van der Waals surface area contributed by atoms with Gasteiger partial charge in [0.05, 0.1) is 21.8 Å². The van der Waals surface area contributed by atoms with E-state index in [1.807, 2.05) is 42.5 Å². The van der Waals surface area contributed by atoms with Gasteiger partial charge >= 0.3 is 0 Å². The van der Waals surface area contributed by atoms with Crippen LogP contribution in [0.4, 0.5) is 0 Å². The van der Waals surface area contributed by atoms with Crippen molar-refractivity contribution in [2.75, 3.05) is 0 Å². The Morgan fingerprint density at radius 1 is 0.968 bits per heavy atom. The molecule has 0 fully saturated rings. The number of sulfonamides is 1. The van der Waals surface area contributed by atoms with Crippen molar-refractivity contribution < 1.29 is 8.42 Å². The summed E-state index contributed by atoms with van der Waals surface area (Å²) >= 11 is 11.7. The Balaban J connectivity index is 1.58. The molecule has 0 radical (unpaired) electrons. The van der Waals surface area contributed by atoms with Crippen LogP contribution >= 0.6 is 23.2 Å². The molecule has 1 N–H and O–H groups in total. The highest BCUT2D eigenvalue weighted by molar-refractivity contribution is 7.89. The van der Waals surface area contributed by atoms with Crippen LogP contribution in [-0.2, 0) is 10.0 Å². The highest BCUT2D eigenvalue weighted by Crippen LogP contribution is 2.23. The molecule has 6 nitrogen and oxygen atoms in total. The van der Waals surface area contributed by atoms with E-state index in [1.54, 1.807) is 6.92 Å². The summed E-state index contributed by atoms with van der Waals surface area (Å²) in [5.74, 6) is 0. The summed E-state index contributed by atoms with van der Waals surface area (Å²) in [6.07, 6.45) is 1.25. The highest BCUT2D eigenvalue weighted by Gasteiger charge is 2.19. The molecule has 0 aliphatic heterocycles. The molecule has 31 heavy (non-hydrogen) atoms. The summed E-state index contributed by atoms with van der Waals surface area (Å²) in [7, 11) is -3.79. The monoisotopic (exact) mass is 473 g/mol. The average molecular weight is 474 g/mol. The predicted molar refractivity (Wildman–Crippen MR) is 123 cm³/mol. The van der Waals surface area contributed by atoms with Gasteiger partial charge in [0.15, 0.2) is 0 Å². The Hall–Kier alpha value is -2.71. The molecule has 0 amide bonds. The summed E-state index contributed by atoms with van der Waals surface area (Å²) in [6.45, 7) is 1.79. The first-order chi connectivity index (χ1) is 14.8. The molecule has 0 spiro atoms. The van der Waals surface area contributed by atoms with Crippen LogP contribution in [0.25, 0.3) is 16.5 Å². The molecule has 0 bridgehead atoms. The van der Waals surface area contributed by atoms with Gasteiger partial charge in [0, 0.05) is 6.04 Å². The van der Waals surface area contributed by atoms with Crippen LogP contribution in [0.5, 0.6) is 0 Å². The largest absolute Gasteiger partial charge is 0.291 e. The number of hydrogen-bond acceptors (Lipinski definition) is 4. The number of hydrogen-bond donors (Lipinski definition) is 1. The number of aromatic nitrogens is 2. The van der Waals surface area contributed by atoms with Gasteiger partial charge < -0.3 is 0 Å². The number of nitrogens with one attached hydrogen (secondary N) is 1. The Morgan fingerprint density at radius 2 is 1.65 bits per heavy atom. The maximum absolute atomic E-state index is 12.9. The quantitative estimate of drug-likeness (QED) is 0.454. The fraction of sp³-hybridized carbons (Fsp3) is 0.0909. The zero-order chi connectivity index (χ0) is 22.2. The van der Waals surface area contributed by atoms with E-state index in [0.717, 1.165) is 21.0 Å². The predicted octanol–water partition coefficient (Wildman–Crippen LogP) is 4.73. The van der Waals surface area contributed by atoms with Crippen molar-refractivity contribution in [1.29, 1.82) is 0 Å². The lowest BCUT2D eigenvalue weighted by molar-refractivity contribution is 0.567. The average Bonchev–Trinajstić information content (AvgIpc) is 2.77. The zero-order valence-electron chi connectivity index (χ0n) is 16.3. The van der Waals surface area contributed by atoms with Crippen LogP contribution in [0.15, 0.2) is 82.6 Å². The van der Waals surface area contributed by atoms with Crippen LogP contribution in [0, 0.1) is 0 Å². The SMILES string of the molecule is C[C@H](NS(=O)(=O)c1ccc(-n2ncc(Cl)c(Cl)c2=O)cc1)c1ccc2ccccc2c1. The van der Waals surface area contributed by atoms with Crippen molar-refractivity contribution in [3.05, 3.63) is 98.9 Å². The molecule has 1 heterocycles.